The highest BCUT2D eigenvalue weighted by molar-refractivity contribution is 5.77. The fourth-order valence-electron chi connectivity index (χ4n) is 3.73. The van der Waals surface area contributed by atoms with E-state index in [0.717, 1.165) is 36.9 Å². The van der Waals surface area contributed by atoms with Gasteiger partial charge in [0.25, 0.3) is 0 Å². The third kappa shape index (κ3) is 4.83. The van der Waals surface area contributed by atoms with Crippen LogP contribution in [0.15, 0.2) is 30.3 Å². The van der Waals surface area contributed by atoms with Crippen LogP contribution in [0.1, 0.15) is 18.4 Å². The first-order valence-corrected chi connectivity index (χ1v) is 9.01. The van der Waals surface area contributed by atoms with Crippen molar-refractivity contribution in [3.8, 4) is 5.75 Å². The largest absolute Gasteiger partial charge is 0.496 e. The number of rotatable bonds is 8. The van der Waals surface area contributed by atoms with Gasteiger partial charge in [0.1, 0.15) is 12.4 Å². The van der Waals surface area contributed by atoms with Crippen molar-refractivity contribution in [3.05, 3.63) is 35.9 Å². The zero-order valence-electron chi connectivity index (χ0n) is 15.1. The molecule has 0 aromatic heterocycles. The number of hydrogen-bond donors (Lipinski definition) is 1. The summed E-state index contributed by atoms with van der Waals surface area (Å²) >= 11 is 0. The maximum atomic E-state index is 11.9. The molecule has 0 unspecified atom stereocenters. The number of ether oxygens (including phenoxy) is 2. The van der Waals surface area contributed by atoms with Crippen LogP contribution in [0, 0.1) is 11.8 Å². The van der Waals surface area contributed by atoms with E-state index in [1.165, 1.54) is 12.8 Å². The first-order chi connectivity index (χ1) is 12.2. The molecule has 1 aromatic rings. The van der Waals surface area contributed by atoms with Gasteiger partial charge in [0.2, 0.25) is 5.91 Å². The predicted octanol–water partition coefficient (Wildman–Crippen LogP) is 2.18. The molecular weight excluding hydrogens is 316 g/mol. The SMILES string of the molecule is COCC(=O)N[C@H]1CN(CC=Cc2ccccc2OC)C[C@@H]1C1CC1. The van der Waals surface area contributed by atoms with Gasteiger partial charge in [-0.2, -0.15) is 0 Å². The Morgan fingerprint density at radius 3 is 2.80 bits per heavy atom. The van der Waals surface area contributed by atoms with Crippen LogP contribution in [0.3, 0.4) is 0 Å². The maximum absolute atomic E-state index is 11.9. The van der Waals surface area contributed by atoms with Crippen LogP contribution in [-0.2, 0) is 9.53 Å². The smallest absolute Gasteiger partial charge is 0.246 e. The summed E-state index contributed by atoms with van der Waals surface area (Å²) in [6.45, 7) is 2.99. The van der Waals surface area contributed by atoms with Crippen molar-refractivity contribution in [3.63, 3.8) is 0 Å². The van der Waals surface area contributed by atoms with Crippen LogP contribution in [0.2, 0.25) is 0 Å². The number of amides is 1. The molecule has 25 heavy (non-hydrogen) atoms. The summed E-state index contributed by atoms with van der Waals surface area (Å²) < 4.78 is 10.3. The Hall–Kier alpha value is -1.85. The number of benzene rings is 1. The normalized spacial score (nSPS) is 23.9. The van der Waals surface area contributed by atoms with Crippen molar-refractivity contribution in [2.45, 2.75) is 18.9 Å². The average Bonchev–Trinajstić information content (AvgIpc) is 3.38. The van der Waals surface area contributed by atoms with E-state index in [2.05, 4.69) is 28.4 Å². The number of methoxy groups -OCH3 is 2. The molecule has 1 saturated heterocycles. The number of hydrogen-bond acceptors (Lipinski definition) is 4. The summed E-state index contributed by atoms with van der Waals surface area (Å²) in [5, 5.41) is 3.16. The number of nitrogens with one attached hydrogen (secondary N) is 1. The van der Waals surface area contributed by atoms with E-state index in [4.69, 9.17) is 9.47 Å². The first kappa shape index (κ1) is 18.0. The van der Waals surface area contributed by atoms with Crippen LogP contribution in [0.4, 0.5) is 0 Å². The number of carbonyl (C=O) groups excluding carboxylic acids is 1. The molecule has 0 spiro atoms. The second-order valence-corrected chi connectivity index (χ2v) is 6.97. The highest BCUT2D eigenvalue weighted by Crippen LogP contribution is 2.41. The van der Waals surface area contributed by atoms with E-state index in [9.17, 15) is 4.79 Å². The summed E-state index contributed by atoms with van der Waals surface area (Å²) in [7, 11) is 3.25. The van der Waals surface area contributed by atoms with Gasteiger partial charge in [-0.15, -0.1) is 0 Å². The van der Waals surface area contributed by atoms with Gasteiger partial charge in [-0.3, -0.25) is 9.69 Å². The zero-order chi connectivity index (χ0) is 17.6. The van der Waals surface area contributed by atoms with Crippen molar-refractivity contribution in [1.29, 1.82) is 0 Å². The monoisotopic (exact) mass is 344 g/mol. The lowest BCUT2D eigenvalue weighted by molar-refractivity contribution is -0.125. The van der Waals surface area contributed by atoms with Gasteiger partial charge in [0.05, 0.1) is 7.11 Å². The van der Waals surface area contributed by atoms with Crippen molar-refractivity contribution < 1.29 is 14.3 Å². The second kappa shape index (κ2) is 8.50. The number of likely N-dealkylation sites (tertiary alicyclic amines) is 1. The van der Waals surface area contributed by atoms with Gasteiger partial charge in [0, 0.05) is 38.3 Å². The summed E-state index contributed by atoms with van der Waals surface area (Å²) in [4.78, 5) is 14.3. The Morgan fingerprint density at radius 2 is 2.08 bits per heavy atom. The molecule has 5 heteroatoms. The number of carbonyl (C=O) groups is 1. The van der Waals surface area contributed by atoms with Crippen molar-refractivity contribution in [1.82, 2.24) is 10.2 Å². The quantitative estimate of drug-likeness (QED) is 0.785. The average molecular weight is 344 g/mol. The molecule has 3 rings (SSSR count). The van der Waals surface area contributed by atoms with Crippen molar-refractivity contribution >= 4 is 12.0 Å². The Balaban J connectivity index is 1.56. The summed E-state index contributed by atoms with van der Waals surface area (Å²) in [6, 6.07) is 8.27. The zero-order valence-corrected chi connectivity index (χ0v) is 15.1. The molecule has 0 radical (unpaired) electrons. The van der Waals surface area contributed by atoms with Crippen LogP contribution < -0.4 is 10.1 Å². The topological polar surface area (TPSA) is 50.8 Å². The molecule has 1 saturated carbocycles. The molecule has 0 bridgehead atoms. The van der Waals surface area contributed by atoms with Crippen LogP contribution in [-0.4, -0.2) is 57.3 Å². The third-order valence-corrected chi connectivity index (χ3v) is 5.09. The molecule has 1 aliphatic carbocycles. The summed E-state index contributed by atoms with van der Waals surface area (Å²) in [5.74, 6) is 2.22. The Morgan fingerprint density at radius 1 is 1.28 bits per heavy atom. The lowest BCUT2D eigenvalue weighted by atomic mass is 9.98. The molecule has 5 nitrogen and oxygen atoms in total. The highest BCUT2D eigenvalue weighted by atomic mass is 16.5. The lowest BCUT2D eigenvalue weighted by Gasteiger charge is -2.19. The van der Waals surface area contributed by atoms with Crippen molar-refractivity contribution in [2.75, 3.05) is 40.5 Å². The Labute approximate surface area is 150 Å². The molecule has 2 fully saturated rings. The molecular formula is C20H28N2O3. The Kier molecular flexibility index (Phi) is 6.10. The molecule has 136 valence electrons. The first-order valence-electron chi connectivity index (χ1n) is 9.01. The fraction of sp³-hybridized carbons (Fsp3) is 0.550. The van der Waals surface area contributed by atoms with E-state index in [1.807, 2.05) is 18.2 Å². The molecule has 1 aromatic carbocycles. The van der Waals surface area contributed by atoms with Gasteiger partial charge in [-0.1, -0.05) is 30.4 Å². The minimum absolute atomic E-state index is 0.00966. The van der Waals surface area contributed by atoms with Crippen molar-refractivity contribution in [2.24, 2.45) is 11.8 Å². The van der Waals surface area contributed by atoms with Gasteiger partial charge in [-0.05, 0) is 30.7 Å². The number of para-hydroxylation sites is 1. The molecule has 2 atom stereocenters. The van der Waals surface area contributed by atoms with E-state index < -0.39 is 0 Å². The predicted molar refractivity (Wildman–Crippen MR) is 98.5 cm³/mol. The van der Waals surface area contributed by atoms with Crippen LogP contribution in [0.5, 0.6) is 5.75 Å². The van der Waals surface area contributed by atoms with E-state index in [1.54, 1.807) is 14.2 Å². The summed E-state index contributed by atoms with van der Waals surface area (Å²) in [5.41, 5.74) is 1.09. The van der Waals surface area contributed by atoms with Crippen LogP contribution in [0.25, 0.3) is 6.08 Å². The van der Waals surface area contributed by atoms with E-state index >= 15 is 0 Å². The number of nitrogens with zero attached hydrogens (tertiary/aromatic N) is 1. The van der Waals surface area contributed by atoms with Gasteiger partial charge < -0.3 is 14.8 Å². The second-order valence-electron chi connectivity index (χ2n) is 6.97. The maximum Gasteiger partial charge on any atom is 0.246 e. The van der Waals surface area contributed by atoms with Gasteiger partial charge >= 0.3 is 0 Å². The molecule has 1 aliphatic heterocycles. The lowest BCUT2D eigenvalue weighted by Crippen LogP contribution is -2.42. The van der Waals surface area contributed by atoms with Gasteiger partial charge in [-0.25, -0.2) is 0 Å². The third-order valence-electron chi connectivity index (χ3n) is 5.09. The molecule has 2 aliphatic rings. The Bertz CT molecular complexity index is 613. The standard InChI is InChI=1S/C20H28N2O3/c1-24-14-20(23)21-18-13-22(12-17(18)15-9-10-15)11-5-7-16-6-3-4-8-19(16)25-2/h3-8,15,17-18H,9-14H2,1-2H3,(H,21,23)/t17-,18+/m1/s1. The highest BCUT2D eigenvalue weighted by Gasteiger charge is 2.42. The van der Waals surface area contributed by atoms with E-state index in [0.29, 0.717) is 5.92 Å². The van der Waals surface area contributed by atoms with E-state index in [-0.39, 0.29) is 18.6 Å². The molecule has 1 N–H and O–H groups in total. The summed E-state index contributed by atoms with van der Waals surface area (Å²) in [6.07, 6.45) is 6.89. The van der Waals surface area contributed by atoms with Crippen LogP contribution >= 0.6 is 0 Å². The van der Waals surface area contributed by atoms with Gasteiger partial charge in [0.15, 0.2) is 0 Å². The fourth-order valence-corrected chi connectivity index (χ4v) is 3.73. The minimum atomic E-state index is -0.00966. The molecule has 1 amide bonds. The molecule has 1 heterocycles. The minimum Gasteiger partial charge on any atom is -0.496 e.